The van der Waals surface area contributed by atoms with Crippen molar-refractivity contribution in [2.75, 3.05) is 64.2 Å². The van der Waals surface area contributed by atoms with E-state index in [1.165, 1.54) is 10.1 Å². The standard InChI is InChI=1S/C28H38N4O6/c1-35-21-27(29-23-9-5-3-6-10-23)13-17-31(18-14-27)37-25(33)26(34)38-32-19-15-28(16-20-32,22-36-2)30-24-11-7-4-8-12-24/h3-12,29-30H,13-22H2,1-2H3. The summed E-state index contributed by atoms with van der Waals surface area (Å²) in [6.45, 7) is 2.91. The van der Waals surface area contributed by atoms with E-state index in [4.69, 9.17) is 19.1 Å². The van der Waals surface area contributed by atoms with Crippen LogP contribution in [-0.4, -0.2) is 86.8 Å². The van der Waals surface area contributed by atoms with Crippen LogP contribution in [-0.2, 0) is 28.7 Å². The van der Waals surface area contributed by atoms with Gasteiger partial charge in [0, 0.05) is 51.8 Å². The van der Waals surface area contributed by atoms with Gasteiger partial charge in [0.05, 0.1) is 24.3 Å². The molecule has 2 heterocycles. The number of ether oxygens (including phenoxy) is 2. The Kier molecular flexibility index (Phi) is 9.57. The topological polar surface area (TPSA) is 102 Å². The van der Waals surface area contributed by atoms with Crippen LogP contribution in [0.15, 0.2) is 60.7 Å². The monoisotopic (exact) mass is 526 g/mol. The van der Waals surface area contributed by atoms with Crippen molar-refractivity contribution >= 4 is 23.3 Å². The average molecular weight is 527 g/mol. The van der Waals surface area contributed by atoms with Crippen molar-refractivity contribution in [3.63, 3.8) is 0 Å². The fourth-order valence-corrected chi connectivity index (χ4v) is 5.14. The van der Waals surface area contributed by atoms with Gasteiger partial charge in [-0.2, -0.15) is 0 Å². The van der Waals surface area contributed by atoms with Crippen molar-refractivity contribution < 1.29 is 28.7 Å². The van der Waals surface area contributed by atoms with E-state index in [2.05, 4.69) is 10.6 Å². The first-order chi connectivity index (χ1) is 18.4. The Morgan fingerprint density at radius 1 is 0.658 bits per heavy atom. The molecule has 38 heavy (non-hydrogen) atoms. The van der Waals surface area contributed by atoms with Crippen LogP contribution >= 0.6 is 0 Å². The molecule has 0 aliphatic carbocycles. The Balaban J connectivity index is 1.23. The molecule has 0 aromatic heterocycles. The Morgan fingerprint density at radius 3 is 1.32 bits per heavy atom. The summed E-state index contributed by atoms with van der Waals surface area (Å²) >= 11 is 0. The Bertz CT molecular complexity index is 939. The Labute approximate surface area is 224 Å². The molecule has 2 aliphatic heterocycles. The van der Waals surface area contributed by atoms with Gasteiger partial charge in [0.25, 0.3) is 0 Å². The molecule has 2 saturated heterocycles. The molecule has 2 N–H and O–H groups in total. The number of carbonyl (C=O) groups is 2. The summed E-state index contributed by atoms with van der Waals surface area (Å²) in [5, 5.41) is 10.2. The minimum atomic E-state index is -1.02. The molecule has 0 unspecified atom stereocenters. The van der Waals surface area contributed by atoms with Gasteiger partial charge in [-0.25, -0.2) is 9.59 Å². The molecule has 10 heteroatoms. The molecule has 206 valence electrons. The third-order valence-electron chi connectivity index (χ3n) is 7.16. The molecular formula is C28H38N4O6. The molecule has 2 aromatic rings. The average Bonchev–Trinajstić information content (AvgIpc) is 2.93. The molecular weight excluding hydrogens is 488 g/mol. The quantitative estimate of drug-likeness (QED) is 0.449. The van der Waals surface area contributed by atoms with Crippen LogP contribution in [0.5, 0.6) is 0 Å². The highest BCUT2D eigenvalue weighted by molar-refractivity contribution is 6.29. The van der Waals surface area contributed by atoms with Crippen molar-refractivity contribution in [3.8, 4) is 0 Å². The van der Waals surface area contributed by atoms with Gasteiger partial charge in [-0.05, 0) is 49.9 Å². The van der Waals surface area contributed by atoms with E-state index in [0.717, 1.165) is 11.4 Å². The number of hydrogen-bond acceptors (Lipinski definition) is 10. The summed E-state index contributed by atoms with van der Waals surface area (Å²) in [5.41, 5.74) is 1.45. The lowest BCUT2D eigenvalue weighted by Crippen LogP contribution is -2.53. The lowest BCUT2D eigenvalue weighted by Gasteiger charge is -2.42. The number of benzene rings is 2. The summed E-state index contributed by atoms with van der Waals surface area (Å²) in [5.74, 6) is -2.03. The highest BCUT2D eigenvalue weighted by atomic mass is 16.8. The van der Waals surface area contributed by atoms with E-state index in [1.54, 1.807) is 14.2 Å². The number of piperidine rings is 2. The van der Waals surface area contributed by atoms with Crippen molar-refractivity contribution in [2.24, 2.45) is 0 Å². The fraction of sp³-hybridized carbons (Fsp3) is 0.500. The molecule has 10 nitrogen and oxygen atoms in total. The van der Waals surface area contributed by atoms with Crippen LogP contribution in [0.3, 0.4) is 0 Å². The molecule has 0 atom stereocenters. The van der Waals surface area contributed by atoms with Gasteiger partial charge in [-0.15, -0.1) is 10.1 Å². The van der Waals surface area contributed by atoms with Crippen LogP contribution < -0.4 is 10.6 Å². The van der Waals surface area contributed by atoms with Crippen LogP contribution in [0.25, 0.3) is 0 Å². The van der Waals surface area contributed by atoms with Crippen molar-refractivity contribution in [2.45, 2.75) is 36.8 Å². The second-order valence-corrected chi connectivity index (χ2v) is 10.0. The van der Waals surface area contributed by atoms with Gasteiger partial charge in [0.2, 0.25) is 0 Å². The van der Waals surface area contributed by atoms with E-state index >= 15 is 0 Å². The molecule has 2 aromatic carbocycles. The van der Waals surface area contributed by atoms with E-state index < -0.39 is 11.9 Å². The SMILES string of the molecule is COCC1(Nc2ccccc2)CCN(OC(=O)C(=O)ON2CCC(COC)(Nc3ccccc3)CC2)CC1. The molecule has 2 fully saturated rings. The third-order valence-corrected chi connectivity index (χ3v) is 7.16. The third kappa shape index (κ3) is 7.44. The van der Waals surface area contributed by atoms with Gasteiger partial charge in [-0.3, -0.25) is 0 Å². The zero-order valence-electron chi connectivity index (χ0n) is 22.2. The lowest BCUT2D eigenvalue weighted by atomic mass is 9.88. The maximum atomic E-state index is 12.5. The molecule has 0 radical (unpaired) electrons. The van der Waals surface area contributed by atoms with Crippen LogP contribution in [0.2, 0.25) is 0 Å². The largest absolute Gasteiger partial charge is 0.438 e. The minimum absolute atomic E-state index is 0.282. The number of methoxy groups -OCH3 is 2. The van der Waals surface area contributed by atoms with Gasteiger partial charge in [-0.1, -0.05) is 36.4 Å². The first-order valence-corrected chi connectivity index (χ1v) is 13.0. The van der Waals surface area contributed by atoms with Crippen molar-refractivity contribution in [1.82, 2.24) is 10.1 Å². The highest BCUT2D eigenvalue weighted by Gasteiger charge is 2.39. The minimum Gasteiger partial charge on any atom is -0.382 e. The first kappa shape index (κ1) is 27.8. The van der Waals surface area contributed by atoms with Crippen molar-refractivity contribution in [1.29, 1.82) is 0 Å². The summed E-state index contributed by atoms with van der Waals surface area (Å²) in [6, 6.07) is 19.9. The number of hydroxylamine groups is 4. The van der Waals surface area contributed by atoms with E-state index in [9.17, 15) is 9.59 Å². The summed E-state index contributed by atoms with van der Waals surface area (Å²) in [6.07, 6.45) is 2.72. The lowest BCUT2D eigenvalue weighted by molar-refractivity contribution is -0.224. The Morgan fingerprint density at radius 2 is 1.00 bits per heavy atom. The second-order valence-electron chi connectivity index (χ2n) is 10.0. The number of hydrogen-bond donors (Lipinski definition) is 2. The number of carbonyl (C=O) groups excluding carboxylic acids is 2. The molecule has 0 saturated carbocycles. The molecule has 2 aliphatic rings. The molecule has 0 amide bonds. The summed E-state index contributed by atoms with van der Waals surface area (Å²) in [4.78, 5) is 35.7. The van der Waals surface area contributed by atoms with Gasteiger partial charge >= 0.3 is 11.9 Å². The molecule has 0 bridgehead atoms. The summed E-state index contributed by atoms with van der Waals surface area (Å²) in [7, 11) is 3.35. The summed E-state index contributed by atoms with van der Waals surface area (Å²) < 4.78 is 11.0. The maximum absolute atomic E-state index is 12.5. The predicted octanol–water partition coefficient (Wildman–Crippen LogP) is 3.09. The number of para-hydroxylation sites is 2. The predicted molar refractivity (Wildman–Crippen MR) is 143 cm³/mol. The van der Waals surface area contributed by atoms with Crippen LogP contribution in [0.4, 0.5) is 11.4 Å². The van der Waals surface area contributed by atoms with Crippen LogP contribution in [0, 0.1) is 0 Å². The number of nitrogens with one attached hydrogen (secondary N) is 2. The highest BCUT2D eigenvalue weighted by Crippen LogP contribution is 2.29. The van der Waals surface area contributed by atoms with E-state index in [1.807, 2.05) is 60.7 Å². The van der Waals surface area contributed by atoms with E-state index in [-0.39, 0.29) is 11.1 Å². The fourth-order valence-electron chi connectivity index (χ4n) is 5.14. The smallest absolute Gasteiger partial charge is 0.382 e. The molecule has 4 rings (SSSR count). The number of nitrogens with zero attached hydrogens (tertiary/aromatic N) is 2. The zero-order valence-corrected chi connectivity index (χ0v) is 22.2. The van der Waals surface area contributed by atoms with E-state index in [0.29, 0.717) is 65.1 Å². The molecule has 0 spiro atoms. The van der Waals surface area contributed by atoms with Crippen molar-refractivity contribution in [3.05, 3.63) is 60.7 Å². The second kappa shape index (κ2) is 13.1. The van der Waals surface area contributed by atoms with Crippen LogP contribution in [0.1, 0.15) is 25.7 Å². The van der Waals surface area contributed by atoms with Gasteiger partial charge in [0.15, 0.2) is 0 Å². The number of anilines is 2. The number of rotatable bonds is 10. The Hall–Kier alpha value is -3.18. The van der Waals surface area contributed by atoms with Gasteiger partial charge in [0.1, 0.15) is 0 Å². The first-order valence-electron chi connectivity index (χ1n) is 13.0. The zero-order chi connectivity index (χ0) is 26.8. The maximum Gasteiger partial charge on any atom is 0.438 e. The van der Waals surface area contributed by atoms with Gasteiger partial charge < -0.3 is 29.8 Å². The normalized spacial score (nSPS) is 19.3.